The first-order valence-corrected chi connectivity index (χ1v) is 7.89. The monoisotopic (exact) mass is 324 g/mol. The molecule has 2 fully saturated rings. The third-order valence-corrected chi connectivity index (χ3v) is 4.96. The van der Waals surface area contributed by atoms with Crippen molar-refractivity contribution in [2.75, 3.05) is 25.5 Å². The van der Waals surface area contributed by atoms with Gasteiger partial charge in [-0.3, -0.25) is 0 Å². The molecule has 4 heteroatoms. The summed E-state index contributed by atoms with van der Waals surface area (Å²) in [4.78, 5) is 2.65. The van der Waals surface area contributed by atoms with E-state index < -0.39 is 0 Å². The molecule has 0 amide bonds. The van der Waals surface area contributed by atoms with Crippen molar-refractivity contribution in [3.63, 3.8) is 0 Å². The molecule has 0 radical (unpaired) electrons. The van der Waals surface area contributed by atoms with Crippen LogP contribution in [0.3, 0.4) is 0 Å². The fourth-order valence-corrected chi connectivity index (χ4v) is 3.89. The fraction of sp³-hybridized carbons (Fsp3) is 0.600. The van der Waals surface area contributed by atoms with Crippen molar-refractivity contribution in [1.82, 2.24) is 4.90 Å². The van der Waals surface area contributed by atoms with E-state index >= 15 is 0 Å². The molecule has 1 aromatic carbocycles. The number of anilines is 1. The van der Waals surface area contributed by atoms with E-state index in [1.54, 1.807) is 7.11 Å². The van der Waals surface area contributed by atoms with Crippen molar-refractivity contribution in [3.8, 4) is 5.75 Å². The largest absolute Gasteiger partial charge is 0.496 e. The first-order valence-electron chi connectivity index (χ1n) is 7.10. The van der Waals surface area contributed by atoms with Gasteiger partial charge in [0.25, 0.3) is 0 Å². The number of ether oxygens (including phenoxy) is 1. The molecule has 0 aromatic heterocycles. The summed E-state index contributed by atoms with van der Waals surface area (Å²) < 4.78 is 6.28. The Hall–Kier alpha value is -0.740. The number of piperidine rings is 1. The second-order valence-corrected chi connectivity index (χ2v) is 6.40. The van der Waals surface area contributed by atoms with Crippen LogP contribution in [0.5, 0.6) is 5.75 Å². The Labute approximate surface area is 123 Å². The molecule has 0 spiro atoms. The quantitative estimate of drug-likeness (QED) is 0.921. The van der Waals surface area contributed by atoms with Gasteiger partial charge in [0.05, 0.1) is 11.6 Å². The number of benzene rings is 1. The van der Waals surface area contributed by atoms with Gasteiger partial charge in [-0.25, -0.2) is 0 Å². The van der Waals surface area contributed by atoms with Crippen LogP contribution in [0.15, 0.2) is 22.7 Å². The molecule has 3 rings (SSSR count). The van der Waals surface area contributed by atoms with E-state index in [1.165, 1.54) is 44.5 Å². The van der Waals surface area contributed by atoms with Crippen molar-refractivity contribution in [2.24, 2.45) is 0 Å². The van der Waals surface area contributed by atoms with Crippen molar-refractivity contribution in [2.45, 2.75) is 37.8 Å². The topological polar surface area (TPSA) is 24.5 Å². The van der Waals surface area contributed by atoms with Crippen LogP contribution >= 0.6 is 15.9 Å². The van der Waals surface area contributed by atoms with Crippen molar-refractivity contribution in [1.29, 1.82) is 0 Å². The van der Waals surface area contributed by atoms with Crippen LogP contribution in [-0.4, -0.2) is 37.2 Å². The molecule has 2 saturated heterocycles. The van der Waals surface area contributed by atoms with Crippen molar-refractivity contribution >= 4 is 21.6 Å². The van der Waals surface area contributed by atoms with E-state index in [1.807, 2.05) is 6.07 Å². The summed E-state index contributed by atoms with van der Waals surface area (Å²) in [7, 11) is 1.70. The average molecular weight is 325 g/mol. The average Bonchev–Trinajstić information content (AvgIpc) is 2.86. The smallest absolute Gasteiger partial charge is 0.133 e. The molecule has 2 heterocycles. The maximum atomic E-state index is 5.27. The Bertz CT molecular complexity index is 452. The maximum Gasteiger partial charge on any atom is 0.133 e. The predicted molar refractivity (Wildman–Crippen MR) is 81.9 cm³/mol. The summed E-state index contributed by atoms with van der Waals surface area (Å²) in [6, 6.07) is 7.65. The van der Waals surface area contributed by atoms with Gasteiger partial charge in [-0.2, -0.15) is 0 Å². The summed E-state index contributed by atoms with van der Waals surface area (Å²) in [6.07, 6.45) is 5.29. The number of rotatable bonds is 3. The molecule has 19 heavy (non-hydrogen) atoms. The maximum absolute atomic E-state index is 5.27. The summed E-state index contributed by atoms with van der Waals surface area (Å²) >= 11 is 3.54. The van der Waals surface area contributed by atoms with Gasteiger partial charge in [0, 0.05) is 24.3 Å². The molecule has 1 aromatic rings. The molecular weight excluding hydrogens is 304 g/mol. The molecule has 0 aliphatic carbocycles. The summed E-state index contributed by atoms with van der Waals surface area (Å²) in [5.41, 5.74) is 1.18. The molecule has 3 nitrogen and oxygen atoms in total. The molecule has 2 atom stereocenters. The first kappa shape index (κ1) is 13.3. The summed E-state index contributed by atoms with van der Waals surface area (Å²) in [5, 5.41) is 3.67. The van der Waals surface area contributed by atoms with Gasteiger partial charge in [0.15, 0.2) is 0 Å². The lowest BCUT2D eigenvalue weighted by Crippen LogP contribution is -2.42. The highest BCUT2D eigenvalue weighted by Crippen LogP contribution is 2.31. The van der Waals surface area contributed by atoms with E-state index in [0.29, 0.717) is 6.04 Å². The van der Waals surface area contributed by atoms with Crippen LogP contribution in [0.4, 0.5) is 5.69 Å². The minimum Gasteiger partial charge on any atom is -0.496 e. The SMILES string of the molecule is COc1ccc(NC2CCN3CCCC3C2)cc1Br. The van der Waals surface area contributed by atoms with Gasteiger partial charge in [-0.15, -0.1) is 0 Å². The number of hydrogen-bond donors (Lipinski definition) is 1. The van der Waals surface area contributed by atoms with Crippen LogP contribution < -0.4 is 10.1 Å². The Balaban J connectivity index is 1.63. The first-order chi connectivity index (χ1) is 9.26. The molecule has 0 saturated carbocycles. The Morgan fingerprint density at radius 3 is 3.00 bits per heavy atom. The molecular formula is C15H21BrN2O. The Kier molecular flexibility index (Phi) is 3.99. The molecule has 2 aliphatic rings. The van der Waals surface area contributed by atoms with E-state index in [0.717, 1.165) is 16.3 Å². The lowest BCUT2D eigenvalue weighted by molar-refractivity contribution is 0.188. The molecule has 2 aliphatic heterocycles. The second kappa shape index (κ2) is 5.71. The number of halogens is 1. The summed E-state index contributed by atoms with van der Waals surface area (Å²) in [6.45, 7) is 2.56. The van der Waals surface area contributed by atoms with E-state index in [4.69, 9.17) is 4.74 Å². The third kappa shape index (κ3) is 2.90. The Morgan fingerprint density at radius 1 is 1.32 bits per heavy atom. The van der Waals surface area contributed by atoms with Gasteiger partial charge in [0.1, 0.15) is 5.75 Å². The summed E-state index contributed by atoms with van der Waals surface area (Å²) in [5.74, 6) is 0.885. The molecule has 1 N–H and O–H groups in total. The number of nitrogens with zero attached hydrogens (tertiary/aromatic N) is 1. The van der Waals surface area contributed by atoms with Crippen molar-refractivity contribution < 1.29 is 4.74 Å². The molecule has 104 valence electrons. The fourth-order valence-electron chi connectivity index (χ4n) is 3.35. The van der Waals surface area contributed by atoms with E-state index in [-0.39, 0.29) is 0 Å². The van der Waals surface area contributed by atoms with Gasteiger partial charge < -0.3 is 15.0 Å². The van der Waals surface area contributed by atoms with Gasteiger partial charge >= 0.3 is 0 Å². The zero-order valence-corrected chi connectivity index (χ0v) is 12.9. The minimum atomic E-state index is 0.611. The van der Waals surface area contributed by atoms with Crippen LogP contribution in [0.1, 0.15) is 25.7 Å². The number of fused-ring (bicyclic) bond motifs is 1. The molecule has 0 bridgehead atoms. The second-order valence-electron chi connectivity index (χ2n) is 5.55. The normalized spacial score (nSPS) is 27.1. The minimum absolute atomic E-state index is 0.611. The van der Waals surface area contributed by atoms with Gasteiger partial charge in [-0.05, 0) is 66.4 Å². The van der Waals surface area contributed by atoms with Crippen LogP contribution in [0, 0.1) is 0 Å². The van der Waals surface area contributed by atoms with E-state index in [2.05, 4.69) is 38.3 Å². The lowest BCUT2D eigenvalue weighted by Gasteiger charge is -2.35. The highest BCUT2D eigenvalue weighted by molar-refractivity contribution is 9.10. The number of methoxy groups -OCH3 is 1. The molecule has 2 unspecified atom stereocenters. The highest BCUT2D eigenvalue weighted by Gasteiger charge is 2.31. The van der Waals surface area contributed by atoms with Crippen LogP contribution in [0.25, 0.3) is 0 Å². The van der Waals surface area contributed by atoms with E-state index in [9.17, 15) is 0 Å². The zero-order chi connectivity index (χ0) is 13.2. The highest BCUT2D eigenvalue weighted by atomic mass is 79.9. The van der Waals surface area contributed by atoms with Crippen LogP contribution in [-0.2, 0) is 0 Å². The Morgan fingerprint density at radius 2 is 2.21 bits per heavy atom. The van der Waals surface area contributed by atoms with Gasteiger partial charge in [-0.1, -0.05) is 0 Å². The lowest BCUT2D eigenvalue weighted by atomic mass is 9.97. The van der Waals surface area contributed by atoms with Crippen LogP contribution in [0.2, 0.25) is 0 Å². The van der Waals surface area contributed by atoms with Gasteiger partial charge in [0.2, 0.25) is 0 Å². The zero-order valence-electron chi connectivity index (χ0n) is 11.4. The predicted octanol–water partition coefficient (Wildman–Crippen LogP) is 3.50. The number of nitrogens with one attached hydrogen (secondary N) is 1. The van der Waals surface area contributed by atoms with Crippen molar-refractivity contribution in [3.05, 3.63) is 22.7 Å². The third-order valence-electron chi connectivity index (χ3n) is 4.34. The standard InChI is InChI=1S/C15H21BrN2O/c1-19-15-5-4-11(10-14(15)16)17-12-6-8-18-7-2-3-13(18)9-12/h4-5,10,12-13,17H,2-3,6-9H2,1H3. The number of hydrogen-bond acceptors (Lipinski definition) is 3.